The Bertz CT molecular complexity index is 2940. The van der Waals surface area contributed by atoms with Crippen molar-refractivity contribution in [1.29, 1.82) is 0 Å². The van der Waals surface area contributed by atoms with E-state index in [1.54, 1.807) is 0 Å². The number of H-pyrrole nitrogens is 4. The van der Waals surface area contributed by atoms with Gasteiger partial charge in [-0.1, -0.05) is 55.9 Å². The van der Waals surface area contributed by atoms with E-state index in [0.29, 0.717) is 63.6 Å². The van der Waals surface area contributed by atoms with E-state index in [2.05, 4.69) is 45.8 Å². The van der Waals surface area contributed by atoms with Crippen molar-refractivity contribution in [2.24, 2.45) is 17.8 Å². The van der Waals surface area contributed by atoms with Crippen LogP contribution >= 0.6 is 39.9 Å². The number of nitrogens with one attached hydrogen (secondary N) is 4. The highest BCUT2D eigenvalue weighted by Gasteiger charge is 2.26. The number of fused-ring (bicyclic) bond motifs is 3. The zero-order valence-electron chi connectivity index (χ0n) is 32.5. The Morgan fingerprint density at radius 1 is 0.683 bits per heavy atom. The second-order valence-electron chi connectivity index (χ2n) is 14.4. The number of nitrogens with zero attached hydrogens (tertiary/aromatic N) is 2. The van der Waals surface area contributed by atoms with Gasteiger partial charge in [-0.05, 0) is 104 Å². The van der Waals surface area contributed by atoms with Crippen LogP contribution in [0.4, 0.5) is 0 Å². The first kappa shape index (κ1) is 46.5. The van der Waals surface area contributed by atoms with Crippen LogP contribution in [0, 0.1) is 22.5 Å². The lowest BCUT2D eigenvalue weighted by molar-refractivity contribution is 0.540. The molecule has 4 N–H and O–H groups in total. The highest BCUT2D eigenvalue weighted by atomic mass is 79.9. The Labute approximate surface area is 362 Å². The maximum absolute atomic E-state index is 12.1. The van der Waals surface area contributed by atoms with Gasteiger partial charge in [0.05, 0.1) is 10.8 Å². The van der Waals surface area contributed by atoms with Gasteiger partial charge in [0.2, 0.25) is 22.3 Å². The van der Waals surface area contributed by atoms with Gasteiger partial charge in [0.15, 0.2) is 9.93 Å². The first-order valence-corrected chi connectivity index (χ1v) is 23.1. The summed E-state index contributed by atoms with van der Waals surface area (Å²) >= 11 is 9.66. The van der Waals surface area contributed by atoms with Crippen LogP contribution in [-0.4, -0.2) is 50.9 Å². The van der Waals surface area contributed by atoms with Gasteiger partial charge in [-0.25, -0.2) is 14.4 Å². The van der Waals surface area contributed by atoms with Crippen LogP contribution in [0.3, 0.4) is 0 Å². The molecule has 0 saturated heterocycles. The van der Waals surface area contributed by atoms with Crippen LogP contribution in [-0.2, 0) is 30.1 Å². The molecule has 0 aromatic carbocycles. The van der Waals surface area contributed by atoms with Crippen LogP contribution in [0.2, 0.25) is 0 Å². The molecule has 60 heavy (non-hydrogen) atoms. The van der Waals surface area contributed by atoms with Crippen LogP contribution in [0.15, 0.2) is 70.5 Å². The Morgan fingerprint density at radius 2 is 1.17 bits per heavy atom. The topological polar surface area (TPSA) is 248 Å². The van der Waals surface area contributed by atoms with E-state index in [-0.39, 0.29) is 51.0 Å². The van der Waals surface area contributed by atoms with Crippen LogP contribution in [0.1, 0.15) is 83.4 Å². The molecule has 6 aromatic rings. The Balaban J connectivity index is 0.000000161. The fourth-order valence-electron chi connectivity index (χ4n) is 5.78. The maximum atomic E-state index is 12.1. The number of aryl methyl sites for hydroxylation is 3. The van der Waals surface area contributed by atoms with Crippen molar-refractivity contribution in [3.05, 3.63) is 102 Å². The molecule has 0 spiro atoms. The maximum Gasteiger partial charge on any atom is 0.337 e. The van der Waals surface area contributed by atoms with Crippen molar-refractivity contribution in [1.82, 2.24) is 29.9 Å². The molecule has 3 saturated carbocycles. The number of alkyl halides is 1. The van der Waals surface area contributed by atoms with E-state index in [9.17, 15) is 33.0 Å². The lowest BCUT2D eigenvalue weighted by Crippen LogP contribution is -2.17. The van der Waals surface area contributed by atoms with Crippen molar-refractivity contribution >= 4 is 84.0 Å². The van der Waals surface area contributed by atoms with E-state index >= 15 is 0 Å². The van der Waals surface area contributed by atoms with E-state index in [0.717, 1.165) is 30.4 Å². The molecule has 6 heterocycles. The smallest absolute Gasteiger partial charge is 0.337 e. The van der Waals surface area contributed by atoms with Gasteiger partial charge < -0.3 is 23.2 Å². The van der Waals surface area contributed by atoms with Gasteiger partial charge >= 0.3 is 16.9 Å². The first-order chi connectivity index (χ1) is 28.3. The van der Waals surface area contributed by atoms with E-state index in [1.165, 1.54) is 61.0 Å². The number of aromatic amines is 4. The highest BCUT2D eigenvalue weighted by Crippen LogP contribution is 2.34. The molecule has 3 aliphatic rings. The van der Waals surface area contributed by atoms with Gasteiger partial charge in [-0.3, -0.25) is 28.6 Å². The van der Waals surface area contributed by atoms with Gasteiger partial charge in [-0.15, -0.1) is 0 Å². The van der Waals surface area contributed by atoms with Gasteiger partial charge in [0, 0.05) is 35.0 Å². The van der Waals surface area contributed by atoms with E-state index in [1.807, 2.05) is 20.8 Å². The number of hydrogen-bond acceptors (Lipinski definition) is 14. The third-order valence-corrected chi connectivity index (χ3v) is 13.2. The van der Waals surface area contributed by atoms with Crippen LogP contribution in [0.25, 0.3) is 33.3 Å². The zero-order valence-corrected chi connectivity index (χ0v) is 36.6. The largest absolute Gasteiger partial charge is 0.405 e. The Kier molecular flexibility index (Phi) is 16.2. The van der Waals surface area contributed by atoms with Crippen molar-refractivity contribution in [3.8, 4) is 0 Å². The molecular weight excluding hydrogens is 901 g/mol. The summed E-state index contributed by atoms with van der Waals surface area (Å²) < 4.78 is 27.1. The standard InChI is InChI=1S/C13H14N2O4S.C13H14N2O3S.C9H8N2O3S.C4H7Br.CH4/c1-2-8-5-9(16)19-12-10(8)11(17)14-13(15-12)20(18)6-7-3-4-7;1-2-8-5-9(16)18-12-10(8)11(17)14-13(15-12)19-6-7-3-4-7;1-2-4-3-5(12)14-8-6(4)7(13)10-9(15)11-8;5-3-4-1-2-4;/h5,7H,2-4,6H2,1H3,(H,14,15,17);5,7H,2-4,6H2,1H3,(H,14,15,17);3H,2H2,1H3,(H2,10,11,13,15);4H,1-3H2;1H4. The molecule has 6 aromatic heterocycles. The monoisotopic (exact) mass is 946 g/mol. The van der Waals surface area contributed by atoms with Crippen molar-refractivity contribution in [2.75, 3.05) is 16.8 Å². The second kappa shape index (κ2) is 20.8. The zero-order chi connectivity index (χ0) is 42.4. The second-order valence-corrected chi connectivity index (χ2v) is 17.8. The molecular formula is C40H47BrN6O10S3. The van der Waals surface area contributed by atoms with Crippen molar-refractivity contribution < 1.29 is 17.5 Å². The molecule has 0 amide bonds. The number of aromatic nitrogens is 6. The number of rotatable bonds is 10. The average molecular weight is 948 g/mol. The quantitative estimate of drug-likeness (QED) is 0.0501. The molecule has 9 rings (SSSR count). The number of hydrogen-bond donors (Lipinski definition) is 4. The Hall–Kier alpha value is -4.53. The molecule has 20 heteroatoms. The highest BCUT2D eigenvalue weighted by molar-refractivity contribution is 9.09. The SMILES string of the molecule is BrCC1CC1.C.CCc1cc(=O)oc2[nH]c(=S)[nH]c(=O)c12.CCc1cc(=O)oc2nc(S(=O)CC3CC3)[nH]c(=O)c12.CCc1cc(=O)oc2nc(SCC3CC3)[nH]c(=O)c12. The summed E-state index contributed by atoms with van der Waals surface area (Å²) in [5.74, 6) is 3.68. The first-order valence-electron chi connectivity index (χ1n) is 19.3. The molecule has 1 unspecified atom stereocenters. The molecule has 322 valence electrons. The summed E-state index contributed by atoms with van der Waals surface area (Å²) in [6, 6.07) is 3.96. The fraction of sp³-hybridized carbons (Fsp3) is 0.475. The average Bonchev–Trinajstić information content (AvgIpc) is 4.03. The minimum atomic E-state index is -1.36. The summed E-state index contributed by atoms with van der Waals surface area (Å²) in [6.07, 6.45) is 9.27. The minimum absolute atomic E-state index is 0. The summed E-state index contributed by atoms with van der Waals surface area (Å²) in [4.78, 5) is 88.5. The summed E-state index contributed by atoms with van der Waals surface area (Å²) in [7, 11) is -1.36. The van der Waals surface area contributed by atoms with Crippen molar-refractivity contribution in [3.63, 3.8) is 0 Å². The van der Waals surface area contributed by atoms with Crippen molar-refractivity contribution in [2.45, 2.75) is 96.3 Å². The third-order valence-electron chi connectivity index (χ3n) is 9.58. The lowest BCUT2D eigenvalue weighted by Gasteiger charge is -2.04. The van der Waals surface area contributed by atoms with Crippen LogP contribution < -0.4 is 33.6 Å². The van der Waals surface area contributed by atoms with Crippen LogP contribution in [0.5, 0.6) is 0 Å². The van der Waals surface area contributed by atoms with Gasteiger partial charge in [-0.2, -0.15) is 9.97 Å². The van der Waals surface area contributed by atoms with Gasteiger partial charge in [0.25, 0.3) is 16.7 Å². The molecule has 1 atom stereocenters. The summed E-state index contributed by atoms with van der Waals surface area (Å²) in [5.41, 5.74) is -0.315. The molecule has 0 radical (unpaired) electrons. The molecule has 0 aliphatic heterocycles. The molecule has 16 nitrogen and oxygen atoms in total. The predicted octanol–water partition coefficient (Wildman–Crippen LogP) is 6.43. The third kappa shape index (κ3) is 12.3. The summed E-state index contributed by atoms with van der Waals surface area (Å²) in [6.45, 7) is 5.59. The van der Waals surface area contributed by atoms with E-state index < -0.39 is 33.2 Å². The molecule has 3 aliphatic carbocycles. The Morgan fingerprint density at radius 3 is 1.67 bits per heavy atom. The molecule has 3 fully saturated rings. The summed E-state index contributed by atoms with van der Waals surface area (Å²) in [5, 5.41) is 2.85. The normalized spacial score (nSPS) is 14.9. The lowest BCUT2D eigenvalue weighted by atomic mass is 10.1. The van der Waals surface area contributed by atoms with Gasteiger partial charge in [0.1, 0.15) is 16.2 Å². The van der Waals surface area contributed by atoms with E-state index in [4.69, 9.17) is 25.5 Å². The number of halogens is 1. The number of thioether (sulfide) groups is 1. The fourth-order valence-corrected chi connectivity index (χ4v) is 8.96. The minimum Gasteiger partial charge on any atom is -0.405 e. The molecule has 0 bridgehead atoms. The predicted molar refractivity (Wildman–Crippen MR) is 239 cm³/mol.